The summed E-state index contributed by atoms with van der Waals surface area (Å²) >= 11 is 3.01. The van der Waals surface area contributed by atoms with Crippen LogP contribution in [0.1, 0.15) is 12.8 Å². The van der Waals surface area contributed by atoms with Gasteiger partial charge in [-0.2, -0.15) is 0 Å². The summed E-state index contributed by atoms with van der Waals surface area (Å²) in [4.78, 5) is -0.208. The molecular weight excluding hydrogens is 299 g/mol. The first-order valence-corrected chi connectivity index (χ1v) is 7.00. The first-order valence-electron chi connectivity index (χ1n) is 4.66. The largest absolute Gasteiger partial charge is 0.381 e. The topological polar surface area (TPSA) is 72.2 Å². The molecule has 0 radical (unpaired) electrons. The fourth-order valence-corrected chi connectivity index (χ4v) is 2.36. The Bertz CT molecular complexity index is 529. The van der Waals surface area contributed by atoms with E-state index in [0.29, 0.717) is 5.69 Å². The van der Waals surface area contributed by atoms with Gasteiger partial charge in [0.15, 0.2) is 0 Å². The van der Waals surface area contributed by atoms with Gasteiger partial charge in [0.2, 0.25) is 10.0 Å². The molecule has 1 aromatic rings. The smallest absolute Gasteiger partial charge is 0.240 e. The molecule has 7 heteroatoms. The molecule has 0 spiro atoms. The van der Waals surface area contributed by atoms with Crippen LogP contribution in [0.2, 0.25) is 0 Å². The molecule has 1 aliphatic rings. The zero-order valence-electron chi connectivity index (χ0n) is 8.20. The van der Waals surface area contributed by atoms with Crippen LogP contribution in [0.4, 0.5) is 10.1 Å². The molecule has 0 aliphatic heterocycles. The lowest BCUT2D eigenvalue weighted by molar-refractivity contribution is 0.591. The molecule has 16 heavy (non-hydrogen) atoms. The minimum Gasteiger partial charge on any atom is -0.381 e. The lowest BCUT2D eigenvalue weighted by Crippen LogP contribution is -2.16. The predicted octanol–water partition coefficient (Wildman–Crippen LogP) is 1.81. The van der Waals surface area contributed by atoms with Crippen LogP contribution in [0.5, 0.6) is 0 Å². The summed E-state index contributed by atoms with van der Waals surface area (Å²) in [6.45, 7) is 0. The molecule has 0 heterocycles. The number of sulfonamides is 1. The number of anilines is 1. The Labute approximate surface area is 101 Å². The number of benzene rings is 1. The van der Waals surface area contributed by atoms with E-state index in [0.717, 1.165) is 18.9 Å². The summed E-state index contributed by atoms with van der Waals surface area (Å²) < 4.78 is 36.0. The van der Waals surface area contributed by atoms with Crippen molar-refractivity contribution >= 4 is 31.6 Å². The number of primary sulfonamides is 1. The molecule has 2 rings (SSSR count). The Balaban J connectivity index is 2.50. The van der Waals surface area contributed by atoms with E-state index in [4.69, 9.17) is 5.14 Å². The molecule has 0 bridgehead atoms. The highest BCUT2D eigenvalue weighted by molar-refractivity contribution is 9.10. The third-order valence-electron chi connectivity index (χ3n) is 2.27. The highest BCUT2D eigenvalue weighted by atomic mass is 79.9. The minimum atomic E-state index is -3.91. The lowest BCUT2D eigenvalue weighted by Gasteiger charge is -2.10. The molecule has 4 nitrogen and oxygen atoms in total. The average molecular weight is 309 g/mol. The average Bonchev–Trinajstić information content (AvgIpc) is 2.93. The zero-order valence-corrected chi connectivity index (χ0v) is 10.6. The number of hydrogen-bond donors (Lipinski definition) is 2. The minimum absolute atomic E-state index is 0.208. The summed E-state index contributed by atoms with van der Waals surface area (Å²) in [5.41, 5.74) is 0.346. The summed E-state index contributed by atoms with van der Waals surface area (Å²) in [6.07, 6.45) is 1.97. The van der Waals surface area contributed by atoms with E-state index >= 15 is 0 Å². The molecule has 1 fully saturated rings. The number of rotatable bonds is 3. The van der Waals surface area contributed by atoms with Crippen molar-refractivity contribution in [3.63, 3.8) is 0 Å². The van der Waals surface area contributed by atoms with Crippen LogP contribution in [0.25, 0.3) is 0 Å². The van der Waals surface area contributed by atoms with Gasteiger partial charge in [-0.15, -0.1) is 0 Å². The lowest BCUT2D eigenvalue weighted by atomic mass is 10.3. The molecule has 1 aromatic carbocycles. The highest BCUT2D eigenvalue weighted by Crippen LogP contribution is 2.32. The van der Waals surface area contributed by atoms with Crippen molar-refractivity contribution < 1.29 is 12.8 Å². The predicted molar refractivity (Wildman–Crippen MR) is 62.1 cm³/mol. The van der Waals surface area contributed by atoms with Crippen molar-refractivity contribution in [3.05, 3.63) is 22.4 Å². The molecule has 1 saturated carbocycles. The number of nitrogens with one attached hydrogen (secondary N) is 1. The molecule has 0 unspecified atom stereocenters. The standard InChI is InChI=1S/C9H10BrFN2O2S/c10-6-3-8(13-5-1-2-5)9(4-7(6)11)16(12,14)15/h3-5,13H,1-2H2,(H2,12,14,15). The van der Waals surface area contributed by atoms with E-state index in [1.807, 2.05) is 0 Å². The molecular formula is C9H10BrFN2O2S. The molecule has 0 aromatic heterocycles. The maximum Gasteiger partial charge on any atom is 0.240 e. The van der Waals surface area contributed by atoms with Crippen LogP contribution < -0.4 is 10.5 Å². The Kier molecular flexibility index (Phi) is 2.93. The van der Waals surface area contributed by atoms with Gasteiger partial charge >= 0.3 is 0 Å². The molecule has 0 atom stereocenters. The Hall–Kier alpha value is -0.660. The van der Waals surface area contributed by atoms with Crippen LogP contribution >= 0.6 is 15.9 Å². The normalized spacial score (nSPS) is 16.2. The molecule has 88 valence electrons. The van der Waals surface area contributed by atoms with E-state index in [1.54, 1.807) is 0 Å². The maximum absolute atomic E-state index is 13.2. The van der Waals surface area contributed by atoms with Crippen molar-refractivity contribution in [2.24, 2.45) is 5.14 Å². The fourth-order valence-electron chi connectivity index (χ4n) is 1.32. The monoisotopic (exact) mass is 308 g/mol. The number of nitrogens with two attached hydrogens (primary N) is 1. The van der Waals surface area contributed by atoms with Gasteiger partial charge in [-0.05, 0) is 40.9 Å². The molecule has 1 aliphatic carbocycles. The van der Waals surface area contributed by atoms with Gasteiger partial charge in [-0.25, -0.2) is 17.9 Å². The summed E-state index contributed by atoms with van der Waals surface area (Å²) in [5, 5.41) is 8.03. The van der Waals surface area contributed by atoms with Crippen molar-refractivity contribution in [2.45, 2.75) is 23.8 Å². The Morgan fingerprint density at radius 2 is 2.06 bits per heavy atom. The van der Waals surface area contributed by atoms with Crippen molar-refractivity contribution in [1.82, 2.24) is 0 Å². The van der Waals surface area contributed by atoms with Gasteiger partial charge in [0.05, 0.1) is 10.2 Å². The quantitative estimate of drug-likeness (QED) is 0.894. The van der Waals surface area contributed by atoms with Gasteiger partial charge in [-0.1, -0.05) is 0 Å². The SMILES string of the molecule is NS(=O)(=O)c1cc(F)c(Br)cc1NC1CC1. The van der Waals surface area contributed by atoms with Crippen LogP contribution in [0.3, 0.4) is 0 Å². The second kappa shape index (κ2) is 3.97. The second-order valence-electron chi connectivity index (χ2n) is 3.73. The third kappa shape index (κ3) is 2.53. The van der Waals surface area contributed by atoms with Crippen LogP contribution in [0.15, 0.2) is 21.5 Å². The number of hydrogen-bond acceptors (Lipinski definition) is 3. The fraction of sp³-hybridized carbons (Fsp3) is 0.333. The van der Waals surface area contributed by atoms with Gasteiger partial charge in [-0.3, -0.25) is 0 Å². The van der Waals surface area contributed by atoms with Crippen molar-refractivity contribution in [2.75, 3.05) is 5.32 Å². The van der Waals surface area contributed by atoms with E-state index in [2.05, 4.69) is 21.2 Å². The van der Waals surface area contributed by atoms with Gasteiger partial charge in [0, 0.05) is 6.04 Å². The van der Waals surface area contributed by atoms with E-state index in [-0.39, 0.29) is 15.4 Å². The van der Waals surface area contributed by atoms with Crippen LogP contribution in [-0.2, 0) is 10.0 Å². The van der Waals surface area contributed by atoms with E-state index in [1.165, 1.54) is 6.07 Å². The Morgan fingerprint density at radius 3 is 2.56 bits per heavy atom. The first kappa shape index (κ1) is 11.8. The Morgan fingerprint density at radius 1 is 1.44 bits per heavy atom. The molecule has 0 saturated heterocycles. The van der Waals surface area contributed by atoms with Crippen LogP contribution in [-0.4, -0.2) is 14.5 Å². The van der Waals surface area contributed by atoms with Gasteiger partial charge < -0.3 is 5.32 Å². The summed E-state index contributed by atoms with van der Waals surface area (Å²) in [7, 11) is -3.91. The van der Waals surface area contributed by atoms with E-state index < -0.39 is 15.8 Å². The van der Waals surface area contributed by atoms with E-state index in [9.17, 15) is 12.8 Å². The first-order chi connectivity index (χ1) is 7.38. The zero-order chi connectivity index (χ0) is 11.9. The third-order valence-corrected chi connectivity index (χ3v) is 3.82. The van der Waals surface area contributed by atoms with Crippen molar-refractivity contribution in [3.8, 4) is 0 Å². The second-order valence-corrected chi connectivity index (χ2v) is 6.11. The highest BCUT2D eigenvalue weighted by Gasteiger charge is 2.25. The van der Waals surface area contributed by atoms with Crippen LogP contribution in [0, 0.1) is 5.82 Å². The molecule has 3 N–H and O–H groups in total. The summed E-state index contributed by atoms with van der Waals surface area (Å²) in [6, 6.07) is 2.58. The molecule has 0 amide bonds. The maximum atomic E-state index is 13.2. The van der Waals surface area contributed by atoms with Crippen molar-refractivity contribution in [1.29, 1.82) is 0 Å². The van der Waals surface area contributed by atoms with Gasteiger partial charge in [0.1, 0.15) is 10.7 Å². The number of halogens is 2. The van der Waals surface area contributed by atoms with Gasteiger partial charge in [0.25, 0.3) is 0 Å². The summed E-state index contributed by atoms with van der Waals surface area (Å²) in [5.74, 6) is -0.648.